The van der Waals surface area contributed by atoms with E-state index in [0.29, 0.717) is 12.0 Å². The molecule has 26 heteroatoms. The summed E-state index contributed by atoms with van der Waals surface area (Å²) in [5.74, 6) is -12.5. The molecule has 26 nitrogen and oxygen atoms in total. The summed E-state index contributed by atoms with van der Waals surface area (Å²) >= 11 is 0. The van der Waals surface area contributed by atoms with Gasteiger partial charge in [0.15, 0.2) is 0 Å². The molecule has 0 aliphatic carbocycles. The molecular formula is C40H60N12O14. The standard InChI is InChI=1S/C40H60N12O14/c1-5-19(2)33-39(65)47-23(10-12-27(41)55)35(61)49-26(15-28(42)56)36(62)48-24(40(66)52(4)18-32(60)50-34(20(3)53)38(64)45-16-29(43)57)11-13-30(58)44-17-31(59)46-25(37(63)51-33)14-21-6-8-22(54)9-7-21/h6-9,19-20,23-26,33-34,53-54H,5,10-18H2,1-4H3,(H2,41,55)(H2,42,56)(H2,43,57)(H,44,58)(H,45,64)(H,46,59)(H,47,65)(H,48,62)(H,49,61)(H,50,60)(H,51,63)/t19-,20-,23-,24?,25-,26-,33-,34-/m0/s1. The number of phenols is 1. The van der Waals surface area contributed by atoms with Crippen molar-refractivity contribution >= 4 is 70.9 Å². The summed E-state index contributed by atoms with van der Waals surface area (Å²) in [6.07, 6.45) is -4.26. The number of rotatable bonds is 17. The van der Waals surface area contributed by atoms with Crippen LogP contribution in [0.5, 0.6) is 5.75 Å². The topological polar surface area (TPSA) is 423 Å². The molecule has 16 N–H and O–H groups in total. The number of aliphatic hydroxyl groups is 1. The monoisotopic (exact) mass is 932 g/mol. The smallest absolute Gasteiger partial charge is 0.245 e. The lowest BCUT2D eigenvalue weighted by Gasteiger charge is -2.29. The van der Waals surface area contributed by atoms with Gasteiger partial charge in [-0.1, -0.05) is 32.4 Å². The molecular weight excluding hydrogens is 873 g/mol. The summed E-state index contributed by atoms with van der Waals surface area (Å²) < 4.78 is 0. The number of amides is 12. The third-order valence-corrected chi connectivity index (χ3v) is 10.2. The summed E-state index contributed by atoms with van der Waals surface area (Å²) in [7, 11) is 1.10. The number of nitrogens with zero attached hydrogens (tertiary/aromatic N) is 1. The zero-order chi connectivity index (χ0) is 49.8. The van der Waals surface area contributed by atoms with Crippen molar-refractivity contribution in [3.05, 3.63) is 29.8 Å². The molecule has 1 aromatic rings. The summed E-state index contributed by atoms with van der Waals surface area (Å²) in [4.78, 5) is 157. The third-order valence-electron chi connectivity index (χ3n) is 10.2. The van der Waals surface area contributed by atoms with Gasteiger partial charge in [0.1, 0.15) is 42.0 Å². The Morgan fingerprint density at radius 2 is 1.39 bits per heavy atom. The van der Waals surface area contributed by atoms with Gasteiger partial charge in [-0.15, -0.1) is 0 Å². The molecule has 0 bridgehead atoms. The van der Waals surface area contributed by atoms with Crippen LogP contribution in [0.3, 0.4) is 0 Å². The molecule has 1 aliphatic rings. The van der Waals surface area contributed by atoms with E-state index in [1.165, 1.54) is 24.3 Å². The molecule has 12 amide bonds. The maximum absolute atomic E-state index is 13.9. The van der Waals surface area contributed by atoms with Gasteiger partial charge in [0.25, 0.3) is 0 Å². The number of primary amides is 3. The molecule has 1 unspecified atom stereocenters. The molecule has 0 aromatic heterocycles. The quantitative estimate of drug-likeness (QED) is 0.0691. The Kier molecular flexibility index (Phi) is 21.9. The molecule has 1 fully saturated rings. The fraction of sp³-hybridized carbons (Fsp3) is 0.550. The predicted octanol–water partition coefficient (Wildman–Crippen LogP) is -6.62. The number of phenolic OH excluding ortho intramolecular Hbond substituents is 1. The van der Waals surface area contributed by atoms with E-state index >= 15 is 0 Å². The fourth-order valence-electron chi connectivity index (χ4n) is 6.32. The Hall–Kier alpha value is -7.38. The van der Waals surface area contributed by atoms with Gasteiger partial charge in [-0.2, -0.15) is 0 Å². The molecule has 8 atom stereocenters. The maximum atomic E-state index is 13.9. The molecule has 1 aromatic carbocycles. The second-order valence-electron chi connectivity index (χ2n) is 15.7. The van der Waals surface area contributed by atoms with Crippen LogP contribution in [0.4, 0.5) is 0 Å². The number of hydrogen-bond donors (Lipinski definition) is 13. The molecule has 66 heavy (non-hydrogen) atoms. The highest BCUT2D eigenvalue weighted by Crippen LogP contribution is 2.14. The highest BCUT2D eigenvalue weighted by Gasteiger charge is 2.36. The van der Waals surface area contributed by atoms with Gasteiger partial charge in [0.2, 0.25) is 70.9 Å². The number of nitrogens with two attached hydrogens (primary N) is 3. The molecule has 2 rings (SSSR count). The zero-order valence-electron chi connectivity index (χ0n) is 37.0. The lowest BCUT2D eigenvalue weighted by atomic mass is 9.96. The molecule has 364 valence electrons. The van der Waals surface area contributed by atoms with Gasteiger partial charge in [0.05, 0.1) is 32.2 Å². The number of benzene rings is 1. The van der Waals surface area contributed by atoms with Crippen molar-refractivity contribution < 1.29 is 67.7 Å². The van der Waals surface area contributed by atoms with E-state index in [1.807, 2.05) is 0 Å². The van der Waals surface area contributed by atoms with Crippen molar-refractivity contribution in [2.24, 2.45) is 23.1 Å². The van der Waals surface area contributed by atoms with E-state index in [4.69, 9.17) is 17.2 Å². The van der Waals surface area contributed by atoms with Crippen LogP contribution in [0.2, 0.25) is 0 Å². The predicted molar refractivity (Wildman–Crippen MR) is 229 cm³/mol. The number of nitrogens with one attached hydrogen (secondary N) is 8. The van der Waals surface area contributed by atoms with Gasteiger partial charge < -0.3 is 74.8 Å². The van der Waals surface area contributed by atoms with Crippen molar-refractivity contribution in [2.45, 2.75) is 108 Å². The van der Waals surface area contributed by atoms with Crippen LogP contribution in [0.15, 0.2) is 24.3 Å². The van der Waals surface area contributed by atoms with Crippen LogP contribution in [0, 0.1) is 5.92 Å². The average molecular weight is 933 g/mol. The van der Waals surface area contributed by atoms with Crippen molar-refractivity contribution in [3.63, 3.8) is 0 Å². The van der Waals surface area contributed by atoms with Crippen LogP contribution < -0.4 is 59.7 Å². The highest BCUT2D eigenvalue weighted by molar-refractivity contribution is 5.99. The van der Waals surface area contributed by atoms with Crippen molar-refractivity contribution in [2.75, 3.05) is 26.7 Å². The molecule has 0 saturated carbocycles. The van der Waals surface area contributed by atoms with Crippen LogP contribution in [-0.4, -0.2) is 155 Å². The number of carbonyl (C=O) groups excluding carboxylic acids is 12. The number of carbonyl (C=O) groups is 12. The van der Waals surface area contributed by atoms with E-state index in [9.17, 15) is 67.7 Å². The Bertz CT molecular complexity index is 1980. The molecule has 1 heterocycles. The number of likely N-dealkylation sites (N-methyl/N-ethyl adjacent to an activating group) is 1. The van der Waals surface area contributed by atoms with Gasteiger partial charge in [-0.3, -0.25) is 57.5 Å². The van der Waals surface area contributed by atoms with Crippen molar-refractivity contribution in [1.82, 2.24) is 47.4 Å². The summed E-state index contributed by atoms with van der Waals surface area (Å²) in [6, 6.07) is -3.90. The van der Waals surface area contributed by atoms with Crippen LogP contribution in [0.1, 0.15) is 64.9 Å². The first-order valence-corrected chi connectivity index (χ1v) is 20.8. The van der Waals surface area contributed by atoms with Crippen LogP contribution in [0.25, 0.3) is 0 Å². The number of aliphatic hydroxyl groups excluding tert-OH is 1. The Labute approximate surface area is 379 Å². The van der Waals surface area contributed by atoms with Gasteiger partial charge in [-0.25, -0.2) is 0 Å². The second kappa shape index (κ2) is 26.4. The van der Waals surface area contributed by atoms with E-state index in [0.717, 1.165) is 18.9 Å². The minimum atomic E-state index is -1.86. The third kappa shape index (κ3) is 18.8. The van der Waals surface area contributed by atoms with E-state index < -0.39 is 171 Å². The number of hydrogen-bond acceptors (Lipinski definition) is 14. The van der Waals surface area contributed by atoms with Gasteiger partial charge in [-0.05, 0) is 43.4 Å². The lowest BCUT2D eigenvalue weighted by Crippen LogP contribution is -2.61. The molecule has 0 radical (unpaired) electrons. The Balaban J connectivity index is 2.59. The molecule has 0 spiro atoms. The highest BCUT2D eigenvalue weighted by atomic mass is 16.3. The fourth-order valence-corrected chi connectivity index (χ4v) is 6.32. The molecule has 1 aliphatic heterocycles. The number of aromatic hydroxyl groups is 1. The van der Waals surface area contributed by atoms with E-state index in [2.05, 4.69) is 42.5 Å². The van der Waals surface area contributed by atoms with E-state index in [1.54, 1.807) is 13.8 Å². The summed E-state index contributed by atoms with van der Waals surface area (Å²) in [5.41, 5.74) is 16.3. The Morgan fingerprint density at radius 3 is 1.97 bits per heavy atom. The van der Waals surface area contributed by atoms with Crippen molar-refractivity contribution in [3.8, 4) is 5.75 Å². The zero-order valence-corrected chi connectivity index (χ0v) is 37.0. The Morgan fingerprint density at radius 1 is 0.788 bits per heavy atom. The SMILES string of the molecule is CC[C@H](C)[C@@H]1NC(=O)[C@H](Cc2ccc(O)cc2)NC(=O)CNC(=O)CCC(C(=O)N(C)CC(=O)N[C@H](C(=O)NCC(N)=O)[C@H](C)O)NC(=O)[C@H](CC(N)=O)NC(=O)[C@H](CCC(N)=O)NC1=O. The summed E-state index contributed by atoms with van der Waals surface area (Å²) in [5, 5.41) is 38.7. The average Bonchev–Trinajstić information content (AvgIpc) is 3.24. The maximum Gasteiger partial charge on any atom is 0.245 e. The van der Waals surface area contributed by atoms with Crippen LogP contribution in [-0.2, 0) is 64.0 Å². The first-order valence-electron chi connectivity index (χ1n) is 20.8. The largest absolute Gasteiger partial charge is 0.508 e. The molecule has 1 saturated heterocycles. The van der Waals surface area contributed by atoms with Gasteiger partial charge >= 0.3 is 0 Å². The lowest BCUT2D eigenvalue weighted by molar-refractivity contribution is -0.140. The normalized spacial score (nSPS) is 21.6. The first-order chi connectivity index (χ1) is 30.9. The second-order valence-corrected chi connectivity index (χ2v) is 15.7. The first kappa shape index (κ1) is 54.8. The van der Waals surface area contributed by atoms with Gasteiger partial charge in [0, 0.05) is 26.3 Å². The van der Waals surface area contributed by atoms with E-state index in [-0.39, 0.29) is 12.2 Å². The summed E-state index contributed by atoms with van der Waals surface area (Å²) in [6.45, 7) is 2.34. The minimum absolute atomic E-state index is 0.0808. The minimum Gasteiger partial charge on any atom is -0.508 e. The van der Waals surface area contributed by atoms with Crippen LogP contribution >= 0.6 is 0 Å². The van der Waals surface area contributed by atoms with Crippen molar-refractivity contribution in [1.29, 1.82) is 0 Å².